The molecule has 0 aliphatic carbocycles. The number of methoxy groups -OCH3 is 1. The van der Waals surface area contributed by atoms with E-state index in [0.717, 1.165) is 23.5 Å². The number of hydrogen-bond acceptors (Lipinski definition) is 3. The van der Waals surface area contributed by atoms with Gasteiger partial charge in [-0.15, -0.1) is 0 Å². The lowest BCUT2D eigenvalue weighted by Crippen LogP contribution is -2.24. The maximum atomic E-state index is 11.9. The van der Waals surface area contributed by atoms with E-state index in [0.29, 0.717) is 5.75 Å². The van der Waals surface area contributed by atoms with Crippen LogP contribution in [-0.2, 0) is 10.8 Å². The zero-order valence-electron chi connectivity index (χ0n) is 11.7. The van der Waals surface area contributed by atoms with Gasteiger partial charge in [-0.05, 0) is 26.5 Å². The molecular formula is C14H23NO2S. The standard InChI is InChI=1S/C14H23NO2S/c1-5-8-18(16)10-13(15-3)12-9-11(2)6-7-14(12)17-4/h6-7,9,13,15H,5,8,10H2,1-4H3. The highest BCUT2D eigenvalue weighted by molar-refractivity contribution is 7.85. The second-order valence-electron chi connectivity index (χ2n) is 4.40. The molecule has 1 rings (SSSR count). The summed E-state index contributed by atoms with van der Waals surface area (Å²) in [4.78, 5) is 0. The SMILES string of the molecule is CCCS(=O)CC(NC)c1cc(C)ccc1OC. The third-order valence-electron chi connectivity index (χ3n) is 2.89. The molecule has 0 saturated heterocycles. The van der Waals surface area contributed by atoms with Gasteiger partial charge in [0.2, 0.25) is 0 Å². The van der Waals surface area contributed by atoms with Crippen molar-refractivity contribution in [2.75, 3.05) is 25.7 Å². The predicted molar refractivity (Wildman–Crippen MR) is 77.7 cm³/mol. The third-order valence-corrected chi connectivity index (χ3v) is 4.46. The first-order valence-electron chi connectivity index (χ1n) is 6.29. The van der Waals surface area contributed by atoms with Crippen molar-refractivity contribution in [2.24, 2.45) is 0 Å². The largest absolute Gasteiger partial charge is 0.496 e. The van der Waals surface area contributed by atoms with Crippen molar-refractivity contribution in [1.29, 1.82) is 0 Å². The number of rotatable bonds is 7. The summed E-state index contributed by atoms with van der Waals surface area (Å²) >= 11 is 0. The van der Waals surface area contributed by atoms with Gasteiger partial charge in [-0.2, -0.15) is 0 Å². The molecule has 0 aliphatic heterocycles. The van der Waals surface area contributed by atoms with Crippen molar-refractivity contribution in [3.63, 3.8) is 0 Å². The average Bonchev–Trinajstić information content (AvgIpc) is 2.36. The molecule has 2 unspecified atom stereocenters. The lowest BCUT2D eigenvalue weighted by Gasteiger charge is -2.19. The Hall–Kier alpha value is -0.870. The van der Waals surface area contributed by atoms with Crippen LogP contribution in [0.25, 0.3) is 0 Å². The van der Waals surface area contributed by atoms with Crippen LogP contribution in [0.4, 0.5) is 0 Å². The lowest BCUT2D eigenvalue weighted by atomic mass is 10.0. The fourth-order valence-electron chi connectivity index (χ4n) is 1.95. The monoisotopic (exact) mass is 269 g/mol. The van der Waals surface area contributed by atoms with Crippen molar-refractivity contribution in [2.45, 2.75) is 26.3 Å². The summed E-state index contributed by atoms with van der Waals surface area (Å²) in [6, 6.07) is 6.17. The molecule has 0 spiro atoms. The van der Waals surface area contributed by atoms with Crippen molar-refractivity contribution < 1.29 is 8.95 Å². The lowest BCUT2D eigenvalue weighted by molar-refractivity contribution is 0.404. The fourth-order valence-corrected chi connectivity index (χ4v) is 3.29. The van der Waals surface area contributed by atoms with Crippen molar-refractivity contribution >= 4 is 10.8 Å². The summed E-state index contributed by atoms with van der Waals surface area (Å²) in [6.07, 6.45) is 0.952. The minimum absolute atomic E-state index is 0.0761. The van der Waals surface area contributed by atoms with Crippen LogP contribution in [0.3, 0.4) is 0 Å². The third kappa shape index (κ3) is 4.10. The average molecular weight is 269 g/mol. The van der Waals surface area contributed by atoms with E-state index in [4.69, 9.17) is 4.74 Å². The Balaban J connectivity index is 2.93. The molecule has 2 atom stereocenters. The second kappa shape index (κ2) is 7.54. The Morgan fingerprint density at radius 3 is 2.72 bits per heavy atom. The van der Waals surface area contributed by atoms with Gasteiger partial charge in [-0.25, -0.2) is 0 Å². The van der Waals surface area contributed by atoms with E-state index in [1.165, 1.54) is 5.56 Å². The Bertz CT molecular complexity index is 407. The zero-order chi connectivity index (χ0) is 13.5. The summed E-state index contributed by atoms with van der Waals surface area (Å²) in [7, 11) is 2.78. The van der Waals surface area contributed by atoms with Gasteiger partial charge in [0.05, 0.1) is 7.11 Å². The van der Waals surface area contributed by atoms with Crippen LogP contribution in [0.5, 0.6) is 5.75 Å². The van der Waals surface area contributed by atoms with E-state index in [1.54, 1.807) is 7.11 Å². The van der Waals surface area contributed by atoms with Gasteiger partial charge in [0.15, 0.2) is 0 Å². The molecule has 0 bridgehead atoms. The van der Waals surface area contributed by atoms with Gasteiger partial charge in [-0.3, -0.25) is 4.21 Å². The molecular weight excluding hydrogens is 246 g/mol. The highest BCUT2D eigenvalue weighted by atomic mass is 32.2. The Morgan fingerprint density at radius 2 is 2.17 bits per heavy atom. The number of nitrogens with one attached hydrogen (secondary N) is 1. The number of hydrogen-bond donors (Lipinski definition) is 1. The summed E-state index contributed by atoms with van der Waals surface area (Å²) in [5.41, 5.74) is 2.27. The summed E-state index contributed by atoms with van der Waals surface area (Å²) in [6.45, 7) is 4.11. The maximum absolute atomic E-state index is 11.9. The molecule has 102 valence electrons. The fraction of sp³-hybridized carbons (Fsp3) is 0.571. The Labute approximate surface area is 112 Å². The molecule has 0 fully saturated rings. The van der Waals surface area contributed by atoms with Crippen LogP contribution >= 0.6 is 0 Å². The first kappa shape index (κ1) is 15.2. The van der Waals surface area contributed by atoms with Crippen molar-refractivity contribution in [3.05, 3.63) is 29.3 Å². The van der Waals surface area contributed by atoms with Crippen LogP contribution in [0.15, 0.2) is 18.2 Å². The van der Waals surface area contributed by atoms with Gasteiger partial charge >= 0.3 is 0 Å². The smallest absolute Gasteiger partial charge is 0.123 e. The van der Waals surface area contributed by atoms with Crippen LogP contribution in [0, 0.1) is 6.92 Å². The van der Waals surface area contributed by atoms with E-state index in [-0.39, 0.29) is 6.04 Å². The zero-order valence-corrected chi connectivity index (χ0v) is 12.5. The van der Waals surface area contributed by atoms with E-state index >= 15 is 0 Å². The van der Waals surface area contributed by atoms with E-state index in [9.17, 15) is 4.21 Å². The molecule has 0 heterocycles. The molecule has 0 amide bonds. The molecule has 0 saturated carbocycles. The predicted octanol–water partition coefficient (Wildman–Crippen LogP) is 2.42. The summed E-state index contributed by atoms with van der Waals surface area (Å²) in [5.74, 6) is 2.24. The molecule has 0 aliphatic rings. The molecule has 1 aromatic carbocycles. The van der Waals surface area contributed by atoms with Gasteiger partial charge in [0.25, 0.3) is 0 Å². The van der Waals surface area contributed by atoms with E-state index in [1.807, 2.05) is 19.2 Å². The first-order valence-corrected chi connectivity index (χ1v) is 7.78. The summed E-state index contributed by atoms with van der Waals surface area (Å²) in [5, 5.41) is 3.24. The highest BCUT2D eigenvalue weighted by Crippen LogP contribution is 2.26. The highest BCUT2D eigenvalue weighted by Gasteiger charge is 2.17. The maximum Gasteiger partial charge on any atom is 0.123 e. The van der Waals surface area contributed by atoms with Crippen LogP contribution in [0.1, 0.15) is 30.5 Å². The quantitative estimate of drug-likeness (QED) is 0.826. The first-order chi connectivity index (χ1) is 8.62. The van der Waals surface area contributed by atoms with Gasteiger partial charge < -0.3 is 10.1 Å². The van der Waals surface area contributed by atoms with Crippen molar-refractivity contribution in [1.82, 2.24) is 5.32 Å². The second-order valence-corrected chi connectivity index (χ2v) is 6.02. The molecule has 0 radical (unpaired) electrons. The molecule has 0 aromatic heterocycles. The van der Waals surface area contributed by atoms with E-state index in [2.05, 4.69) is 25.2 Å². The molecule has 1 N–H and O–H groups in total. The van der Waals surface area contributed by atoms with Gasteiger partial charge in [0.1, 0.15) is 5.75 Å². The van der Waals surface area contributed by atoms with Crippen molar-refractivity contribution in [3.8, 4) is 5.75 Å². The normalized spacial score (nSPS) is 14.2. The van der Waals surface area contributed by atoms with Gasteiger partial charge in [-0.1, -0.05) is 24.6 Å². The molecule has 3 nitrogen and oxygen atoms in total. The summed E-state index contributed by atoms with van der Waals surface area (Å²) < 4.78 is 17.3. The minimum atomic E-state index is -0.785. The van der Waals surface area contributed by atoms with Crippen LogP contribution in [0.2, 0.25) is 0 Å². The number of aryl methyl sites for hydroxylation is 1. The van der Waals surface area contributed by atoms with Crippen LogP contribution < -0.4 is 10.1 Å². The van der Waals surface area contributed by atoms with Crippen LogP contribution in [-0.4, -0.2) is 29.9 Å². The minimum Gasteiger partial charge on any atom is -0.496 e. The topological polar surface area (TPSA) is 38.3 Å². The van der Waals surface area contributed by atoms with E-state index < -0.39 is 10.8 Å². The molecule has 1 aromatic rings. The Morgan fingerprint density at radius 1 is 1.44 bits per heavy atom. The Kier molecular flexibility index (Phi) is 6.36. The molecule has 4 heteroatoms. The molecule has 18 heavy (non-hydrogen) atoms. The van der Waals surface area contributed by atoms with Gasteiger partial charge in [0, 0.05) is 33.9 Å². The number of ether oxygens (including phenoxy) is 1. The number of benzene rings is 1.